The lowest BCUT2D eigenvalue weighted by Crippen LogP contribution is -2.35. The number of phenolic OH excluding ortho intramolecular Hbond substituents is 1. The summed E-state index contributed by atoms with van der Waals surface area (Å²) in [5, 5.41) is 11.1. The van der Waals surface area contributed by atoms with Crippen molar-refractivity contribution in [3.63, 3.8) is 0 Å². The molecule has 2 aromatic carbocycles. The molecule has 1 aliphatic rings. The van der Waals surface area contributed by atoms with Gasteiger partial charge in [-0.2, -0.15) is 0 Å². The van der Waals surface area contributed by atoms with Crippen molar-refractivity contribution in [1.29, 1.82) is 0 Å². The summed E-state index contributed by atoms with van der Waals surface area (Å²) < 4.78 is 5.04. The number of anilines is 1. The van der Waals surface area contributed by atoms with Crippen LogP contribution in [0.15, 0.2) is 46.2 Å². The van der Waals surface area contributed by atoms with Crippen molar-refractivity contribution in [1.82, 2.24) is 0 Å². The summed E-state index contributed by atoms with van der Waals surface area (Å²) in [6, 6.07) is 11.8. The second-order valence-corrected chi connectivity index (χ2v) is 12.0. The summed E-state index contributed by atoms with van der Waals surface area (Å²) in [6.45, 7) is 15.0. The maximum Gasteiger partial charge on any atom is 0.305 e. The van der Waals surface area contributed by atoms with Crippen LogP contribution in [0.25, 0.3) is 6.08 Å². The maximum absolute atomic E-state index is 13.6. The minimum atomic E-state index is -0.256. The van der Waals surface area contributed by atoms with Gasteiger partial charge in [0.25, 0.3) is 5.91 Å². The summed E-state index contributed by atoms with van der Waals surface area (Å²) in [5.74, 6) is -0.00939. The smallest absolute Gasteiger partial charge is 0.305 e. The molecule has 0 saturated carbocycles. The van der Waals surface area contributed by atoms with E-state index in [0.29, 0.717) is 30.2 Å². The number of fused-ring (bicyclic) bond motifs is 1. The Hall–Kier alpha value is -2.73. The van der Waals surface area contributed by atoms with E-state index in [-0.39, 0.29) is 29.1 Å². The van der Waals surface area contributed by atoms with Crippen molar-refractivity contribution in [2.45, 2.75) is 77.0 Å². The summed E-state index contributed by atoms with van der Waals surface area (Å²) in [6.07, 6.45) is 2.72. The van der Waals surface area contributed by atoms with Gasteiger partial charge >= 0.3 is 5.97 Å². The zero-order valence-corrected chi connectivity index (χ0v) is 22.7. The Morgan fingerprint density at radius 3 is 2.23 bits per heavy atom. The molecule has 0 atom stereocenters. The maximum atomic E-state index is 13.6. The first-order valence-corrected chi connectivity index (χ1v) is 13.0. The van der Waals surface area contributed by atoms with Crippen LogP contribution in [0.1, 0.15) is 78.0 Å². The van der Waals surface area contributed by atoms with Gasteiger partial charge in [0.1, 0.15) is 5.75 Å². The van der Waals surface area contributed by atoms with E-state index < -0.39 is 0 Å². The SMILES string of the molecule is CCOC(=O)CCCN1C(=O)/C(=C/c2cc(C(C)(C)C)c(O)c(C(C)(C)C)c2)Sc2ccccc21. The molecule has 0 saturated heterocycles. The fourth-order valence-electron chi connectivity index (χ4n) is 4.13. The standard InChI is InChI=1S/C29H37NO4S/c1-8-34-25(31)14-11-15-30-22-12-9-10-13-23(22)35-24(27(30)33)18-19-16-20(28(2,3)4)26(32)21(17-19)29(5,6)7/h9-10,12-13,16-18,32H,8,11,14-15H2,1-7H3/b24-18-. The second kappa shape index (κ2) is 10.5. The third-order valence-corrected chi connectivity index (χ3v) is 7.02. The molecular weight excluding hydrogens is 458 g/mol. The molecule has 0 spiro atoms. The largest absolute Gasteiger partial charge is 0.507 e. The van der Waals surface area contributed by atoms with E-state index in [0.717, 1.165) is 27.3 Å². The summed E-state index contributed by atoms with van der Waals surface area (Å²) >= 11 is 1.46. The molecule has 0 aliphatic carbocycles. The van der Waals surface area contributed by atoms with Crippen molar-refractivity contribution >= 4 is 35.4 Å². The molecule has 2 aromatic rings. The number of phenols is 1. The molecule has 35 heavy (non-hydrogen) atoms. The Morgan fingerprint density at radius 2 is 1.66 bits per heavy atom. The monoisotopic (exact) mass is 495 g/mol. The van der Waals surface area contributed by atoms with Crippen molar-refractivity contribution in [3.8, 4) is 5.75 Å². The van der Waals surface area contributed by atoms with Crippen LogP contribution in [-0.2, 0) is 25.2 Å². The molecule has 1 amide bonds. The van der Waals surface area contributed by atoms with Crippen LogP contribution < -0.4 is 4.90 Å². The number of benzene rings is 2. The van der Waals surface area contributed by atoms with Crippen LogP contribution in [-0.4, -0.2) is 30.1 Å². The lowest BCUT2D eigenvalue weighted by molar-refractivity contribution is -0.143. The van der Waals surface area contributed by atoms with Crippen molar-refractivity contribution in [2.24, 2.45) is 0 Å². The number of carbonyl (C=O) groups is 2. The van der Waals surface area contributed by atoms with Gasteiger partial charge < -0.3 is 14.7 Å². The highest BCUT2D eigenvalue weighted by Gasteiger charge is 2.30. The predicted octanol–water partition coefficient (Wildman–Crippen LogP) is 6.81. The fraction of sp³-hybridized carbons (Fsp3) is 0.448. The number of nitrogens with zero attached hydrogens (tertiary/aromatic N) is 1. The number of aromatic hydroxyl groups is 1. The van der Waals surface area contributed by atoms with Crippen molar-refractivity contribution in [2.75, 3.05) is 18.1 Å². The highest BCUT2D eigenvalue weighted by molar-refractivity contribution is 8.04. The molecule has 0 bridgehead atoms. The minimum absolute atomic E-state index is 0.0831. The number of para-hydroxylation sites is 1. The molecule has 0 fully saturated rings. The molecule has 0 radical (unpaired) electrons. The average Bonchev–Trinajstić information content (AvgIpc) is 2.75. The summed E-state index contributed by atoms with van der Waals surface area (Å²) in [7, 11) is 0. The Kier molecular flexibility index (Phi) is 8.05. The van der Waals surface area contributed by atoms with Crippen LogP contribution in [0.3, 0.4) is 0 Å². The van der Waals surface area contributed by atoms with E-state index in [1.54, 1.807) is 11.8 Å². The highest BCUT2D eigenvalue weighted by Crippen LogP contribution is 2.44. The topological polar surface area (TPSA) is 66.8 Å². The quantitative estimate of drug-likeness (QED) is 0.352. The number of thioether (sulfide) groups is 1. The first-order chi connectivity index (χ1) is 16.3. The second-order valence-electron chi connectivity index (χ2n) is 10.9. The number of amides is 1. The Bertz CT molecular complexity index is 1100. The first-order valence-electron chi connectivity index (χ1n) is 12.2. The zero-order valence-electron chi connectivity index (χ0n) is 21.9. The molecule has 1 heterocycles. The summed E-state index contributed by atoms with van der Waals surface area (Å²) in [4.78, 5) is 28.8. The number of rotatable bonds is 6. The van der Waals surface area contributed by atoms with Crippen molar-refractivity contribution in [3.05, 3.63) is 58.0 Å². The molecule has 1 aliphatic heterocycles. The van der Waals surface area contributed by atoms with Gasteiger partial charge in [-0.15, -0.1) is 0 Å². The molecule has 1 N–H and O–H groups in total. The number of hydrogen-bond acceptors (Lipinski definition) is 5. The van der Waals surface area contributed by atoms with E-state index in [1.165, 1.54) is 11.8 Å². The molecule has 188 valence electrons. The van der Waals surface area contributed by atoms with Gasteiger partial charge in [-0.1, -0.05) is 65.4 Å². The lowest BCUT2D eigenvalue weighted by atomic mass is 9.78. The van der Waals surface area contributed by atoms with E-state index in [1.807, 2.05) is 42.5 Å². The van der Waals surface area contributed by atoms with Crippen LogP contribution in [0.2, 0.25) is 0 Å². The molecule has 0 aromatic heterocycles. The molecule has 0 unspecified atom stereocenters. The van der Waals surface area contributed by atoms with E-state index >= 15 is 0 Å². The lowest BCUT2D eigenvalue weighted by Gasteiger charge is -2.31. The third kappa shape index (κ3) is 6.29. The van der Waals surface area contributed by atoms with Gasteiger partial charge in [-0.25, -0.2) is 0 Å². The van der Waals surface area contributed by atoms with Crippen LogP contribution in [0.4, 0.5) is 5.69 Å². The first kappa shape index (κ1) is 26.9. The van der Waals surface area contributed by atoms with Crippen LogP contribution in [0, 0.1) is 0 Å². The van der Waals surface area contributed by atoms with Gasteiger partial charge in [-0.3, -0.25) is 9.59 Å². The van der Waals surface area contributed by atoms with E-state index in [9.17, 15) is 14.7 Å². The highest BCUT2D eigenvalue weighted by atomic mass is 32.2. The van der Waals surface area contributed by atoms with Gasteiger partial charge in [-0.05, 0) is 60.1 Å². The van der Waals surface area contributed by atoms with Gasteiger partial charge in [0.05, 0.1) is 17.2 Å². The van der Waals surface area contributed by atoms with Gasteiger partial charge in [0, 0.05) is 29.0 Å². The molecule has 6 heteroatoms. The average molecular weight is 496 g/mol. The number of esters is 1. The number of hydrogen-bond donors (Lipinski definition) is 1. The van der Waals surface area contributed by atoms with Crippen LogP contribution >= 0.6 is 11.8 Å². The number of carbonyl (C=O) groups excluding carboxylic acids is 2. The van der Waals surface area contributed by atoms with E-state index in [2.05, 4.69) is 41.5 Å². The van der Waals surface area contributed by atoms with E-state index in [4.69, 9.17) is 4.74 Å². The Morgan fingerprint density at radius 1 is 1.06 bits per heavy atom. The van der Waals surface area contributed by atoms with Crippen molar-refractivity contribution < 1.29 is 19.4 Å². The number of ether oxygens (including phenoxy) is 1. The fourth-order valence-corrected chi connectivity index (χ4v) is 5.19. The zero-order chi connectivity index (χ0) is 26.0. The molecular formula is C29H37NO4S. The Labute approximate surface area is 213 Å². The third-order valence-electron chi connectivity index (χ3n) is 5.95. The van der Waals surface area contributed by atoms with Gasteiger partial charge in [0.2, 0.25) is 0 Å². The Balaban J connectivity index is 2.02. The molecule has 3 rings (SSSR count). The minimum Gasteiger partial charge on any atom is -0.507 e. The summed E-state index contributed by atoms with van der Waals surface area (Å²) in [5.41, 5.74) is 2.95. The normalized spacial score (nSPS) is 15.3. The van der Waals surface area contributed by atoms with Crippen LogP contribution in [0.5, 0.6) is 5.75 Å². The predicted molar refractivity (Wildman–Crippen MR) is 144 cm³/mol. The molecule has 5 nitrogen and oxygen atoms in total. The van der Waals surface area contributed by atoms with Gasteiger partial charge in [0.15, 0.2) is 0 Å².